The molecule has 0 aliphatic rings. The maximum Gasteiger partial charge on any atom is 0.260 e. The van der Waals surface area contributed by atoms with Gasteiger partial charge in [-0.2, -0.15) is 0 Å². The third-order valence-corrected chi connectivity index (χ3v) is 5.77. The summed E-state index contributed by atoms with van der Waals surface area (Å²) >= 11 is 9.22. The third-order valence-electron chi connectivity index (χ3n) is 4.80. The first kappa shape index (κ1) is 21.8. The maximum absolute atomic E-state index is 13.3. The number of nitrogens with one attached hydrogen (secondary N) is 1. The monoisotopic (exact) mass is 449 g/mol. The van der Waals surface area contributed by atoms with E-state index in [1.807, 2.05) is 13.8 Å². The molecule has 0 fully saturated rings. The van der Waals surface area contributed by atoms with E-state index in [0.717, 1.165) is 58.3 Å². The summed E-state index contributed by atoms with van der Waals surface area (Å²) in [5, 5.41) is 3.14. The van der Waals surface area contributed by atoms with Gasteiger partial charge in [0.2, 0.25) is 0 Å². The second-order valence-corrected chi connectivity index (χ2v) is 7.97. The molecule has 146 valence electrons. The van der Waals surface area contributed by atoms with E-state index in [1.54, 1.807) is 0 Å². The van der Waals surface area contributed by atoms with Gasteiger partial charge >= 0.3 is 0 Å². The van der Waals surface area contributed by atoms with Crippen molar-refractivity contribution in [2.24, 2.45) is 0 Å². The predicted octanol–water partition coefficient (Wildman–Crippen LogP) is 6.97. The first-order valence-corrected chi connectivity index (χ1v) is 10.9. The molecule has 1 heterocycles. The Balaban J connectivity index is 2.57. The van der Waals surface area contributed by atoms with E-state index in [2.05, 4.69) is 54.2 Å². The van der Waals surface area contributed by atoms with E-state index in [1.165, 1.54) is 0 Å². The minimum Gasteiger partial charge on any atom is -0.465 e. The van der Waals surface area contributed by atoms with Crippen molar-refractivity contribution in [1.82, 2.24) is 0 Å². The average Bonchev–Trinajstić information content (AvgIpc) is 2.65. The van der Waals surface area contributed by atoms with Gasteiger partial charge < -0.3 is 9.73 Å². The molecule has 0 saturated carbocycles. The molecule has 1 aromatic heterocycles. The predicted molar refractivity (Wildman–Crippen MR) is 119 cm³/mol. The minimum atomic E-state index is -0.176. The highest BCUT2D eigenvalue weighted by molar-refractivity contribution is 9.10. The van der Waals surface area contributed by atoms with Crippen LogP contribution in [0.3, 0.4) is 0 Å². The first-order chi connectivity index (χ1) is 12.9. The lowest BCUT2D eigenvalue weighted by molar-refractivity contribution is 0.102. The van der Waals surface area contributed by atoms with Gasteiger partial charge in [-0.15, -0.1) is 0 Å². The van der Waals surface area contributed by atoms with Gasteiger partial charge in [0, 0.05) is 28.6 Å². The Morgan fingerprint density at radius 2 is 1.67 bits per heavy atom. The normalized spacial score (nSPS) is 10.9. The number of aryl methyl sites for hydroxylation is 4. The van der Waals surface area contributed by atoms with E-state index >= 15 is 0 Å². The van der Waals surface area contributed by atoms with Crippen LogP contribution in [0.15, 0.2) is 21.0 Å². The molecule has 1 N–H and O–H groups in total. The molecule has 0 radical (unpaired) electrons. The smallest absolute Gasteiger partial charge is 0.260 e. The molecule has 0 aliphatic heterocycles. The number of carbonyl (C=O) groups excluding carboxylic acids is 1. The number of rotatable bonds is 7. The molecule has 1 aromatic carbocycles. The molecule has 0 atom stereocenters. The number of hydrogen-bond donors (Lipinski definition) is 1. The lowest BCUT2D eigenvalue weighted by Crippen LogP contribution is -2.18. The van der Waals surface area contributed by atoms with Crippen LogP contribution in [0.2, 0.25) is 0 Å². The van der Waals surface area contributed by atoms with Crippen molar-refractivity contribution < 1.29 is 9.21 Å². The maximum atomic E-state index is 13.3. The minimum absolute atomic E-state index is 0.176. The fourth-order valence-corrected chi connectivity index (χ4v) is 4.18. The highest BCUT2D eigenvalue weighted by Gasteiger charge is 2.21. The molecular formula is C22H28BrNO2S. The van der Waals surface area contributed by atoms with Crippen molar-refractivity contribution in [1.29, 1.82) is 0 Å². The van der Waals surface area contributed by atoms with Crippen LogP contribution in [0.1, 0.15) is 72.7 Å². The summed E-state index contributed by atoms with van der Waals surface area (Å²) in [5.74, 6) is 1.38. The van der Waals surface area contributed by atoms with E-state index in [0.29, 0.717) is 22.3 Å². The zero-order valence-corrected chi connectivity index (χ0v) is 19.2. The summed E-state index contributed by atoms with van der Waals surface area (Å²) in [5.41, 5.74) is 4.50. The highest BCUT2D eigenvalue weighted by Crippen LogP contribution is 2.29. The second-order valence-electron chi connectivity index (χ2n) is 6.64. The SMILES string of the molecule is CCCc1oc(CC)c(C)c(=S)c1C(=O)Nc1c(CC)cc(Br)cc1CC. The third kappa shape index (κ3) is 4.69. The van der Waals surface area contributed by atoms with Gasteiger partial charge in [-0.25, -0.2) is 0 Å². The zero-order chi connectivity index (χ0) is 20.1. The van der Waals surface area contributed by atoms with Crippen LogP contribution in [0.25, 0.3) is 0 Å². The molecule has 2 rings (SSSR count). The Morgan fingerprint density at radius 1 is 1.07 bits per heavy atom. The van der Waals surface area contributed by atoms with Gasteiger partial charge in [0.25, 0.3) is 5.91 Å². The number of benzene rings is 1. The van der Waals surface area contributed by atoms with Crippen molar-refractivity contribution >= 4 is 39.7 Å². The van der Waals surface area contributed by atoms with Crippen molar-refractivity contribution in [3.8, 4) is 0 Å². The van der Waals surface area contributed by atoms with Gasteiger partial charge in [-0.05, 0) is 49.4 Å². The Morgan fingerprint density at radius 3 is 2.15 bits per heavy atom. The largest absolute Gasteiger partial charge is 0.465 e. The molecule has 0 aliphatic carbocycles. The van der Waals surface area contributed by atoms with E-state index < -0.39 is 0 Å². The Labute approximate surface area is 175 Å². The van der Waals surface area contributed by atoms with E-state index in [-0.39, 0.29) is 5.91 Å². The van der Waals surface area contributed by atoms with Crippen LogP contribution in [0.4, 0.5) is 5.69 Å². The number of anilines is 1. The molecule has 1 amide bonds. The first-order valence-electron chi connectivity index (χ1n) is 9.65. The van der Waals surface area contributed by atoms with E-state index in [4.69, 9.17) is 16.6 Å². The summed E-state index contributed by atoms with van der Waals surface area (Å²) in [4.78, 5) is 13.3. The van der Waals surface area contributed by atoms with Crippen LogP contribution in [0, 0.1) is 11.4 Å². The van der Waals surface area contributed by atoms with Crippen molar-refractivity contribution in [3.05, 3.63) is 54.9 Å². The Kier molecular flexibility index (Phi) is 7.80. The van der Waals surface area contributed by atoms with Gasteiger partial charge in [0.05, 0.1) is 10.1 Å². The van der Waals surface area contributed by atoms with Crippen molar-refractivity contribution in [2.45, 2.75) is 66.7 Å². The standard InChI is InChI=1S/C22H28BrNO2S/c1-6-10-18-19(21(27)13(5)17(9-4)26-18)22(25)24-20-14(7-2)11-16(23)12-15(20)8-3/h11-12H,6-10H2,1-5H3,(H,24,25). The van der Waals surface area contributed by atoms with Gasteiger partial charge in [-0.1, -0.05) is 55.8 Å². The molecule has 0 bridgehead atoms. The average molecular weight is 450 g/mol. The quantitative estimate of drug-likeness (QED) is 0.463. The number of halogens is 1. The molecule has 0 unspecified atom stereocenters. The fourth-order valence-electron chi connectivity index (χ4n) is 3.31. The van der Waals surface area contributed by atoms with Crippen LogP contribution in [-0.2, 0) is 25.7 Å². The molecule has 5 heteroatoms. The van der Waals surface area contributed by atoms with Gasteiger partial charge in [-0.3, -0.25) is 4.79 Å². The number of carbonyl (C=O) groups is 1. The van der Waals surface area contributed by atoms with Crippen LogP contribution in [0.5, 0.6) is 0 Å². The lowest BCUT2D eigenvalue weighted by atomic mass is 10.0. The molecule has 2 aromatic rings. The van der Waals surface area contributed by atoms with Gasteiger partial charge in [0.15, 0.2) is 0 Å². The summed E-state index contributed by atoms with van der Waals surface area (Å²) in [6, 6.07) is 4.12. The summed E-state index contributed by atoms with van der Waals surface area (Å²) in [6.45, 7) is 10.2. The summed E-state index contributed by atoms with van der Waals surface area (Å²) < 4.78 is 7.70. The van der Waals surface area contributed by atoms with E-state index in [9.17, 15) is 4.79 Å². The Bertz CT molecular complexity index is 877. The van der Waals surface area contributed by atoms with Crippen molar-refractivity contribution in [3.63, 3.8) is 0 Å². The Hall–Kier alpha value is -1.46. The molecular weight excluding hydrogens is 422 g/mol. The summed E-state index contributed by atoms with van der Waals surface area (Å²) in [7, 11) is 0. The summed E-state index contributed by atoms with van der Waals surface area (Å²) in [6.07, 6.45) is 4.02. The van der Waals surface area contributed by atoms with Crippen LogP contribution < -0.4 is 5.32 Å². The van der Waals surface area contributed by atoms with Gasteiger partial charge in [0.1, 0.15) is 11.5 Å². The van der Waals surface area contributed by atoms with Crippen LogP contribution in [-0.4, -0.2) is 5.91 Å². The lowest BCUT2D eigenvalue weighted by Gasteiger charge is -2.17. The second kappa shape index (κ2) is 9.65. The molecule has 0 spiro atoms. The molecule has 3 nitrogen and oxygen atoms in total. The number of hydrogen-bond acceptors (Lipinski definition) is 3. The zero-order valence-electron chi connectivity index (χ0n) is 16.8. The fraction of sp³-hybridized carbons (Fsp3) is 0.455. The van der Waals surface area contributed by atoms with Crippen LogP contribution >= 0.6 is 28.1 Å². The highest BCUT2D eigenvalue weighted by atomic mass is 79.9. The van der Waals surface area contributed by atoms with Crippen molar-refractivity contribution in [2.75, 3.05) is 5.32 Å². The molecule has 0 saturated heterocycles. The molecule has 27 heavy (non-hydrogen) atoms. The topological polar surface area (TPSA) is 42.2 Å². The number of amides is 1.